The minimum Gasteiger partial charge on any atom is -0.377 e. The van der Waals surface area contributed by atoms with E-state index < -0.39 is 8.80 Å². The smallest absolute Gasteiger partial charge is 0.377 e. The lowest BCUT2D eigenvalue weighted by molar-refractivity contribution is 0.125. The second kappa shape index (κ2) is 8.13. The van der Waals surface area contributed by atoms with E-state index in [9.17, 15) is 4.39 Å². The Morgan fingerprint density at radius 1 is 1.00 bits per heavy atom. The minimum atomic E-state index is -2.19. The Kier molecular flexibility index (Phi) is 10.1. The predicted octanol–water partition coefficient (Wildman–Crippen LogP) is 1.47. The zero-order valence-corrected chi connectivity index (χ0v) is 8.81. The van der Waals surface area contributed by atoms with Gasteiger partial charge in [0.15, 0.2) is 0 Å². The predicted molar refractivity (Wildman–Crippen MR) is 44.3 cm³/mol. The van der Waals surface area contributed by atoms with Crippen LogP contribution in [-0.4, -0.2) is 37.3 Å². The fourth-order valence-electron chi connectivity index (χ4n) is 0.683. The third kappa shape index (κ3) is 4.47. The monoisotopic (exact) mass is 184 g/mol. The molecule has 3 nitrogen and oxygen atoms in total. The molecule has 0 aromatic heterocycles. The Hall–Kier alpha value is 0.0269. The Labute approximate surface area is 68.8 Å². The summed E-state index contributed by atoms with van der Waals surface area (Å²) in [7, 11) is 3.15. The molecule has 11 heavy (non-hydrogen) atoms. The summed E-state index contributed by atoms with van der Waals surface area (Å²) in [4.78, 5) is 0. The van der Waals surface area contributed by atoms with E-state index in [2.05, 4.69) is 0 Å². The van der Waals surface area contributed by atoms with Gasteiger partial charge in [0.25, 0.3) is 0 Å². The molecule has 0 heterocycles. The van der Waals surface area contributed by atoms with Gasteiger partial charge in [0.2, 0.25) is 0 Å². The molecule has 0 rings (SSSR count). The first-order valence-corrected chi connectivity index (χ1v) is 5.21. The van der Waals surface area contributed by atoms with Crippen LogP contribution >= 0.6 is 0 Å². The van der Waals surface area contributed by atoms with Gasteiger partial charge in [-0.2, -0.15) is 0 Å². The van der Waals surface area contributed by atoms with Crippen molar-refractivity contribution < 1.29 is 17.7 Å². The maximum atomic E-state index is 9.50. The zero-order valence-electron chi connectivity index (χ0n) is 7.81. The van der Waals surface area contributed by atoms with Crippen LogP contribution in [0.15, 0.2) is 0 Å². The van der Waals surface area contributed by atoms with Crippen molar-refractivity contribution in [1.82, 2.24) is 0 Å². The van der Waals surface area contributed by atoms with Gasteiger partial charge in [-0.15, -0.1) is 0 Å². The first kappa shape index (κ1) is 13.6. The van der Waals surface area contributed by atoms with E-state index in [0.29, 0.717) is 7.18 Å². The average Bonchev–Trinajstić information content (AvgIpc) is 2.13. The SMILES string of the molecule is CC[Si](OC)(OC)OC.CF. The average molecular weight is 184 g/mol. The molecule has 0 atom stereocenters. The molecule has 0 aromatic carbocycles. The van der Waals surface area contributed by atoms with Gasteiger partial charge in [-0.3, -0.25) is 4.39 Å². The van der Waals surface area contributed by atoms with Crippen molar-refractivity contribution in [1.29, 1.82) is 0 Å². The van der Waals surface area contributed by atoms with Crippen molar-refractivity contribution in [2.24, 2.45) is 0 Å². The number of rotatable bonds is 4. The molecule has 0 amide bonds. The topological polar surface area (TPSA) is 27.7 Å². The quantitative estimate of drug-likeness (QED) is 0.619. The van der Waals surface area contributed by atoms with E-state index in [1.807, 2.05) is 6.92 Å². The molecule has 0 spiro atoms. The van der Waals surface area contributed by atoms with Crippen molar-refractivity contribution >= 4 is 8.80 Å². The molecule has 0 radical (unpaired) electrons. The van der Waals surface area contributed by atoms with Gasteiger partial charge in [-0.05, 0) is 0 Å². The molecule has 0 saturated carbocycles. The number of alkyl halides is 1. The van der Waals surface area contributed by atoms with Gasteiger partial charge in [0, 0.05) is 27.4 Å². The van der Waals surface area contributed by atoms with E-state index in [1.54, 1.807) is 21.3 Å². The molecule has 0 aromatic rings. The van der Waals surface area contributed by atoms with Crippen LogP contribution in [0, 0.1) is 0 Å². The third-order valence-corrected chi connectivity index (χ3v) is 4.10. The Balaban J connectivity index is 0. The highest BCUT2D eigenvalue weighted by molar-refractivity contribution is 6.60. The molecule has 0 N–H and O–H groups in total. The Bertz CT molecular complexity index is 60.7. The van der Waals surface area contributed by atoms with E-state index in [4.69, 9.17) is 13.3 Å². The molecule has 0 aliphatic heterocycles. The normalized spacial score (nSPS) is 10.4. The van der Waals surface area contributed by atoms with Crippen LogP contribution in [-0.2, 0) is 13.3 Å². The molecule has 0 bridgehead atoms. The number of hydrogen-bond donors (Lipinski definition) is 0. The molecule has 0 aliphatic carbocycles. The maximum absolute atomic E-state index is 9.50. The lowest BCUT2D eigenvalue weighted by atomic mass is 11.0. The lowest BCUT2D eigenvalue weighted by Crippen LogP contribution is -2.41. The highest BCUT2D eigenvalue weighted by Crippen LogP contribution is 2.10. The summed E-state index contributed by atoms with van der Waals surface area (Å²) in [6.07, 6.45) is 0. The molecule has 0 unspecified atom stereocenters. The number of hydrogen-bond acceptors (Lipinski definition) is 3. The van der Waals surface area contributed by atoms with Crippen molar-refractivity contribution in [3.8, 4) is 0 Å². The first-order valence-electron chi connectivity index (χ1n) is 3.28. The fraction of sp³-hybridized carbons (Fsp3) is 1.00. The molecule has 70 valence electrons. The van der Waals surface area contributed by atoms with Gasteiger partial charge in [-0.25, -0.2) is 0 Å². The molecule has 0 fully saturated rings. The highest BCUT2D eigenvalue weighted by Gasteiger charge is 2.34. The van der Waals surface area contributed by atoms with E-state index in [1.165, 1.54) is 0 Å². The van der Waals surface area contributed by atoms with Gasteiger partial charge in [-0.1, -0.05) is 6.92 Å². The first-order chi connectivity index (χ1) is 5.24. The van der Waals surface area contributed by atoms with Crippen molar-refractivity contribution in [3.63, 3.8) is 0 Å². The standard InChI is InChI=1S/C5H14O3Si.CH3F/c1-5-9(6-2,7-3)8-4;1-2/h5H2,1-4H3;1H3. The number of halogens is 1. The summed E-state index contributed by atoms with van der Waals surface area (Å²) in [6.45, 7) is 1.99. The zero-order chi connectivity index (χ0) is 9.33. The molecule has 0 saturated heterocycles. The Morgan fingerprint density at radius 2 is 1.27 bits per heavy atom. The van der Waals surface area contributed by atoms with Gasteiger partial charge < -0.3 is 13.3 Å². The molecule has 5 heteroatoms. The summed E-state index contributed by atoms with van der Waals surface area (Å²) < 4.78 is 24.7. The second-order valence-electron chi connectivity index (χ2n) is 1.65. The third-order valence-electron chi connectivity index (χ3n) is 1.37. The van der Waals surface area contributed by atoms with Crippen LogP contribution in [0.4, 0.5) is 4.39 Å². The van der Waals surface area contributed by atoms with Crippen LogP contribution in [0.25, 0.3) is 0 Å². The minimum absolute atomic E-state index is 0.500. The largest absolute Gasteiger partial charge is 0.499 e. The molecule has 0 aliphatic rings. The summed E-state index contributed by atoms with van der Waals surface area (Å²) in [5, 5.41) is 0. The van der Waals surface area contributed by atoms with Crippen molar-refractivity contribution in [3.05, 3.63) is 0 Å². The van der Waals surface area contributed by atoms with Crippen LogP contribution < -0.4 is 0 Å². The van der Waals surface area contributed by atoms with E-state index in [-0.39, 0.29) is 0 Å². The van der Waals surface area contributed by atoms with Gasteiger partial charge in [0.1, 0.15) is 0 Å². The van der Waals surface area contributed by atoms with E-state index in [0.717, 1.165) is 6.04 Å². The molecular formula is C6H17FO3Si. The highest BCUT2D eigenvalue weighted by atomic mass is 28.4. The summed E-state index contributed by atoms with van der Waals surface area (Å²) >= 11 is 0. The van der Waals surface area contributed by atoms with Gasteiger partial charge in [0.05, 0.1) is 7.18 Å². The van der Waals surface area contributed by atoms with Crippen molar-refractivity contribution in [2.45, 2.75) is 13.0 Å². The van der Waals surface area contributed by atoms with Crippen LogP contribution in [0.5, 0.6) is 0 Å². The van der Waals surface area contributed by atoms with E-state index >= 15 is 0 Å². The summed E-state index contributed by atoms with van der Waals surface area (Å²) in [5.41, 5.74) is 0. The van der Waals surface area contributed by atoms with Crippen LogP contribution in [0.1, 0.15) is 6.92 Å². The summed E-state index contributed by atoms with van der Waals surface area (Å²) in [6, 6.07) is 0.816. The Morgan fingerprint density at radius 3 is 1.27 bits per heavy atom. The molecular weight excluding hydrogens is 167 g/mol. The summed E-state index contributed by atoms with van der Waals surface area (Å²) in [5.74, 6) is 0. The van der Waals surface area contributed by atoms with Gasteiger partial charge >= 0.3 is 8.80 Å². The lowest BCUT2D eigenvalue weighted by Gasteiger charge is -2.22. The van der Waals surface area contributed by atoms with Crippen LogP contribution in [0.2, 0.25) is 6.04 Å². The van der Waals surface area contributed by atoms with Crippen LogP contribution in [0.3, 0.4) is 0 Å². The van der Waals surface area contributed by atoms with Crippen molar-refractivity contribution in [2.75, 3.05) is 28.5 Å². The fourth-order valence-corrected chi connectivity index (χ4v) is 2.05. The second-order valence-corrected chi connectivity index (χ2v) is 4.95. The maximum Gasteiger partial charge on any atom is 0.499 e.